The molecule has 4 heteroatoms. The minimum Gasteiger partial charge on any atom is -0.325 e. The molecule has 0 radical (unpaired) electrons. The van der Waals surface area contributed by atoms with Crippen molar-refractivity contribution in [3.05, 3.63) is 64.5 Å². The Hall–Kier alpha value is -2.75. The number of hydrogen-bond donors (Lipinski definition) is 1. The summed E-state index contributed by atoms with van der Waals surface area (Å²) in [4.78, 5) is 24.3. The van der Waals surface area contributed by atoms with Crippen molar-refractivity contribution in [1.29, 1.82) is 0 Å². The highest BCUT2D eigenvalue weighted by Gasteiger charge is 2.73. The smallest absolute Gasteiger partial charge is 0.237 e. The Kier molecular flexibility index (Phi) is 4.15. The van der Waals surface area contributed by atoms with E-state index in [1.54, 1.807) is 0 Å². The minimum atomic E-state index is -0.683. The van der Waals surface area contributed by atoms with Crippen LogP contribution in [0.25, 0.3) is 11.0 Å². The van der Waals surface area contributed by atoms with Crippen LogP contribution < -0.4 is 5.32 Å². The van der Waals surface area contributed by atoms with Crippen LogP contribution >= 0.6 is 0 Å². The van der Waals surface area contributed by atoms with Crippen LogP contribution in [0.5, 0.6) is 0 Å². The number of para-hydroxylation sites is 1. The molecule has 31 heavy (non-hydrogen) atoms. The summed E-state index contributed by atoms with van der Waals surface area (Å²) in [6.07, 6.45) is 2.62. The lowest BCUT2D eigenvalue weighted by atomic mass is 9.63. The second-order valence-electron chi connectivity index (χ2n) is 10.2. The van der Waals surface area contributed by atoms with Crippen molar-refractivity contribution in [1.82, 2.24) is 9.97 Å². The van der Waals surface area contributed by atoms with Gasteiger partial charge in [0.2, 0.25) is 5.91 Å². The number of rotatable bonds is 3. The zero-order chi connectivity index (χ0) is 22.2. The molecule has 1 fully saturated rings. The molecule has 2 aliphatic carbocycles. The number of carbonyl (C=O) groups excluding carboxylic acids is 1. The van der Waals surface area contributed by atoms with Crippen LogP contribution in [0.3, 0.4) is 0 Å². The molecule has 4 nitrogen and oxygen atoms in total. The second-order valence-corrected chi connectivity index (χ2v) is 10.2. The predicted molar refractivity (Wildman–Crippen MR) is 126 cm³/mol. The van der Waals surface area contributed by atoms with E-state index in [1.807, 2.05) is 18.2 Å². The third kappa shape index (κ3) is 2.39. The molecule has 1 N–H and O–H groups in total. The Morgan fingerprint density at radius 1 is 0.968 bits per heavy atom. The molecular weight excluding hydrogens is 382 g/mol. The van der Waals surface area contributed by atoms with Gasteiger partial charge in [0.05, 0.1) is 27.8 Å². The number of benzene rings is 2. The molecule has 2 aliphatic rings. The molecule has 0 spiro atoms. The van der Waals surface area contributed by atoms with Gasteiger partial charge in [-0.2, -0.15) is 0 Å². The average molecular weight is 414 g/mol. The number of nitrogens with one attached hydrogen (secondary N) is 1. The maximum atomic E-state index is 14.1. The molecule has 160 valence electrons. The lowest BCUT2D eigenvalue weighted by Crippen LogP contribution is -2.48. The van der Waals surface area contributed by atoms with Gasteiger partial charge in [0, 0.05) is 11.1 Å². The van der Waals surface area contributed by atoms with Gasteiger partial charge in [0.25, 0.3) is 0 Å². The number of amides is 1. The average Bonchev–Trinajstić information content (AvgIpc) is 3.03. The third-order valence-corrected chi connectivity index (χ3v) is 8.69. The number of anilines is 1. The number of fused-ring (bicyclic) bond motifs is 6. The van der Waals surface area contributed by atoms with Crippen molar-refractivity contribution >= 4 is 22.6 Å². The van der Waals surface area contributed by atoms with Crippen molar-refractivity contribution in [2.75, 3.05) is 5.32 Å². The molecule has 0 aliphatic heterocycles. The zero-order valence-electron chi connectivity index (χ0n) is 19.4. The molecule has 3 aromatic rings. The van der Waals surface area contributed by atoms with Crippen molar-refractivity contribution < 1.29 is 4.79 Å². The summed E-state index contributed by atoms with van der Waals surface area (Å²) in [5, 5.41) is 3.30. The molecule has 5 rings (SSSR count). The molecule has 1 saturated carbocycles. The number of aryl methyl sites for hydroxylation is 3. The quantitative estimate of drug-likeness (QED) is 0.592. The van der Waals surface area contributed by atoms with Crippen molar-refractivity contribution in [3.63, 3.8) is 0 Å². The van der Waals surface area contributed by atoms with Crippen LogP contribution in [0.2, 0.25) is 0 Å². The van der Waals surface area contributed by atoms with Gasteiger partial charge in [0.15, 0.2) is 0 Å². The highest BCUT2D eigenvalue weighted by Crippen LogP contribution is 2.70. The Balaban J connectivity index is 1.71. The highest BCUT2D eigenvalue weighted by atomic mass is 16.2. The number of hydrogen-bond acceptors (Lipinski definition) is 3. The molecule has 1 aromatic heterocycles. The van der Waals surface area contributed by atoms with E-state index in [-0.39, 0.29) is 16.7 Å². The zero-order valence-corrected chi connectivity index (χ0v) is 19.4. The molecular formula is C27H31N3O. The van der Waals surface area contributed by atoms with Crippen molar-refractivity contribution in [3.8, 4) is 0 Å². The first kappa shape index (κ1) is 20.2. The lowest BCUT2D eigenvalue weighted by Gasteiger charge is -2.39. The van der Waals surface area contributed by atoms with Gasteiger partial charge < -0.3 is 5.32 Å². The molecule has 1 heterocycles. The van der Waals surface area contributed by atoms with E-state index in [0.29, 0.717) is 0 Å². The van der Waals surface area contributed by atoms with Gasteiger partial charge in [-0.3, -0.25) is 4.79 Å². The maximum absolute atomic E-state index is 14.1. The molecule has 2 unspecified atom stereocenters. The summed E-state index contributed by atoms with van der Waals surface area (Å²) >= 11 is 0. The molecule has 1 amide bonds. The SMILES string of the molecule is CCc1ccccc1NC(=O)C12CCC(C)(c3nc4cc(C)c(C)cc4nc31)C2(C)C. The fourth-order valence-electron chi connectivity index (χ4n) is 6.04. The number of nitrogens with zero attached hydrogens (tertiary/aromatic N) is 2. The van der Waals surface area contributed by atoms with E-state index in [9.17, 15) is 4.79 Å². The highest BCUT2D eigenvalue weighted by molar-refractivity contribution is 6.02. The predicted octanol–water partition coefficient (Wildman–Crippen LogP) is 5.78. The summed E-state index contributed by atoms with van der Waals surface area (Å²) in [5.41, 5.74) is 7.04. The van der Waals surface area contributed by atoms with Crippen molar-refractivity contribution in [2.24, 2.45) is 5.41 Å². The summed E-state index contributed by atoms with van der Waals surface area (Å²) < 4.78 is 0. The van der Waals surface area contributed by atoms with Crippen LogP contribution in [0, 0.1) is 19.3 Å². The van der Waals surface area contributed by atoms with Gasteiger partial charge in [0.1, 0.15) is 0 Å². The van der Waals surface area contributed by atoms with Crippen molar-refractivity contribution in [2.45, 2.75) is 71.6 Å². The fourth-order valence-corrected chi connectivity index (χ4v) is 6.04. The normalized spacial score (nSPS) is 25.6. The minimum absolute atomic E-state index is 0.0540. The Bertz CT molecular complexity index is 1240. The first-order chi connectivity index (χ1) is 14.7. The van der Waals surface area contributed by atoms with Gasteiger partial charge in [-0.15, -0.1) is 0 Å². The van der Waals surface area contributed by atoms with Gasteiger partial charge in [-0.25, -0.2) is 9.97 Å². The third-order valence-electron chi connectivity index (χ3n) is 8.69. The monoisotopic (exact) mass is 413 g/mol. The van der Waals surface area contributed by atoms with E-state index in [1.165, 1.54) is 11.1 Å². The van der Waals surface area contributed by atoms with Crippen LogP contribution in [0.15, 0.2) is 36.4 Å². The maximum Gasteiger partial charge on any atom is 0.237 e. The Morgan fingerprint density at radius 2 is 1.58 bits per heavy atom. The van der Waals surface area contributed by atoms with E-state index in [4.69, 9.17) is 9.97 Å². The van der Waals surface area contributed by atoms with E-state index in [0.717, 1.165) is 52.9 Å². The molecule has 2 bridgehead atoms. The summed E-state index contributed by atoms with van der Waals surface area (Å²) in [6.45, 7) is 13.1. The topological polar surface area (TPSA) is 54.9 Å². The molecule has 0 saturated heterocycles. The van der Waals surface area contributed by atoms with Crippen LogP contribution in [-0.2, 0) is 22.0 Å². The number of carbonyl (C=O) groups is 1. The number of aromatic nitrogens is 2. The van der Waals surface area contributed by atoms with Gasteiger partial charge >= 0.3 is 0 Å². The fraction of sp³-hybridized carbons (Fsp3) is 0.444. The standard InChI is InChI=1S/C27H31N3O/c1-7-18-10-8-9-11-19(18)30-24(31)27-13-12-26(6,25(27,4)5)22-23(27)29-21-15-17(3)16(2)14-20(21)28-22/h8-11,14-15H,7,12-13H2,1-6H3,(H,30,31). The molecule has 2 aromatic carbocycles. The largest absolute Gasteiger partial charge is 0.325 e. The summed E-state index contributed by atoms with van der Waals surface area (Å²) in [7, 11) is 0. The van der Waals surface area contributed by atoms with Crippen LogP contribution in [0.4, 0.5) is 5.69 Å². The van der Waals surface area contributed by atoms with Gasteiger partial charge in [-0.1, -0.05) is 45.9 Å². The summed E-state index contributed by atoms with van der Waals surface area (Å²) in [6, 6.07) is 12.3. The van der Waals surface area contributed by atoms with Crippen LogP contribution in [-0.4, -0.2) is 15.9 Å². The van der Waals surface area contributed by atoms with E-state index >= 15 is 0 Å². The first-order valence-corrected chi connectivity index (χ1v) is 11.3. The Labute approximate surface area is 184 Å². The van der Waals surface area contributed by atoms with E-state index < -0.39 is 5.41 Å². The first-order valence-electron chi connectivity index (χ1n) is 11.3. The van der Waals surface area contributed by atoms with Gasteiger partial charge in [-0.05, 0) is 73.4 Å². The molecule has 2 atom stereocenters. The van der Waals surface area contributed by atoms with E-state index in [2.05, 4.69) is 65.1 Å². The summed E-state index contributed by atoms with van der Waals surface area (Å²) in [5.74, 6) is 0.0540. The lowest BCUT2D eigenvalue weighted by molar-refractivity contribution is -0.125. The van der Waals surface area contributed by atoms with Crippen LogP contribution in [0.1, 0.15) is 68.6 Å². The second kappa shape index (κ2) is 6.38. The Morgan fingerprint density at radius 3 is 2.23 bits per heavy atom.